The Morgan fingerprint density at radius 1 is 0.977 bits per heavy atom. The van der Waals surface area contributed by atoms with Gasteiger partial charge in [-0.2, -0.15) is 0 Å². The van der Waals surface area contributed by atoms with Gasteiger partial charge in [0, 0.05) is 39.1 Å². The monoisotopic (exact) mass is 617 g/mol. The molecule has 4 unspecified atom stereocenters. The SMILES string of the molecule is CC[C@H](C)C(=O)OC1C(OC(C)=O)C[C@H](C)[C@]23OC(C)(C)[C@H](CC(OC(=O)c4cccnc4)[C@]12COC(C)=O)C3OC(C)=O. The van der Waals surface area contributed by atoms with Crippen LogP contribution in [0.25, 0.3) is 0 Å². The zero-order valence-electron chi connectivity index (χ0n) is 26.6. The average molecular weight is 618 g/mol. The quantitative estimate of drug-likeness (QED) is 0.294. The molecule has 12 heteroatoms. The number of esters is 5. The van der Waals surface area contributed by atoms with Crippen LogP contribution in [0.2, 0.25) is 0 Å². The molecule has 1 saturated heterocycles. The van der Waals surface area contributed by atoms with E-state index in [-0.39, 0.29) is 18.4 Å². The summed E-state index contributed by atoms with van der Waals surface area (Å²) in [7, 11) is 0. The maximum Gasteiger partial charge on any atom is 0.340 e. The summed E-state index contributed by atoms with van der Waals surface area (Å²) in [6.45, 7) is 12.4. The summed E-state index contributed by atoms with van der Waals surface area (Å²) in [5, 5.41) is 0. The van der Waals surface area contributed by atoms with Crippen LogP contribution in [0.1, 0.15) is 85.0 Å². The van der Waals surface area contributed by atoms with Crippen molar-refractivity contribution in [3.63, 3.8) is 0 Å². The highest BCUT2D eigenvalue weighted by atomic mass is 16.6. The van der Waals surface area contributed by atoms with Crippen molar-refractivity contribution in [1.29, 1.82) is 0 Å². The average Bonchev–Trinajstić information content (AvgIpc) is 3.11. The number of pyridine rings is 1. The van der Waals surface area contributed by atoms with Gasteiger partial charge in [-0.15, -0.1) is 0 Å². The third-order valence-electron chi connectivity index (χ3n) is 9.58. The Balaban J connectivity index is 2.03. The molecule has 3 fully saturated rings. The molecule has 12 nitrogen and oxygen atoms in total. The third kappa shape index (κ3) is 5.68. The topological polar surface area (TPSA) is 154 Å². The van der Waals surface area contributed by atoms with Crippen molar-refractivity contribution in [3.05, 3.63) is 30.1 Å². The molecule has 2 bridgehead atoms. The minimum absolute atomic E-state index is 0.0941. The van der Waals surface area contributed by atoms with E-state index in [0.29, 0.717) is 6.42 Å². The predicted molar refractivity (Wildman–Crippen MR) is 153 cm³/mol. The van der Waals surface area contributed by atoms with Gasteiger partial charge in [0.05, 0.1) is 17.1 Å². The van der Waals surface area contributed by atoms with Crippen LogP contribution in [-0.4, -0.2) is 77.1 Å². The van der Waals surface area contributed by atoms with Gasteiger partial charge in [0.1, 0.15) is 35.9 Å². The molecule has 0 N–H and O–H groups in total. The molecule has 3 aliphatic rings. The number of ether oxygens (including phenoxy) is 6. The zero-order valence-corrected chi connectivity index (χ0v) is 26.6. The lowest BCUT2D eigenvalue weighted by molar-refractivity contribution is -0.319. The Labute approximate surface area is 257 Å². The van der Waals surface area contributed by atoms with Crippen LogP contribution in [0, 0.1) is 23.2 Å². The van der Waals surface area contributed by atoms with Crippen LogP contribution in [0.4, 0.5) is 0 Å². The standard InChI is InChI=1S/C32H43NO11/c1-9-17(2)28(37)43-27-24(40-20(5)35)13-18(3)32-26(41-21(6)36)23(30(7,8)44-32)14-25(31(27,32)16-39-19(4)34)42-29(38)22-11-10-12-33-15-22/h10-12,15,17-18,23-27H,9,13-14,16H2,1-8H3/t17-,18-,23+,24?,25?,26?,27?,31+,32+/m0/s1. The lowest BCUT2D eigenvalue weighted by Gasteiger charge is -2.63. The Hall–Kier alpha value is -3.54. The van der Waals surface area contributed by atoms with E-state index >= 15 is 0 Å². The number of hydrogen-bond donors (Lipinski definition) is 0. The van der Waals surface area contributed by atoms with Gasteiger partial charge in [-0.25, -0.2) is 4.79 Å². The number of hydrogen-bond acceptors (Lipinski definition) is 12. The number of fused-ring (bicyclic) bond motifs is 1. The second-order valence-electron chi connectivity index (χ2n) is 12.8. The first kappa shape index (κ1) is 33.4. The van der Waals surface area contributed by atoms with Crippen molar-refractivity contribution in [3.8, 4) is 0 Å². The van der Waals surface area contributed by atoms with Crippen LogP contribution in [0.5, 0.6) is 0 Å². The van der Waals surface area contributed by atoms with Gasteiger partial charge in [0.25, 0.3) is 0 Å². The molecule has 242 valence electrons. The molecule has 4 rings (SSSR count). The molecule has 1 aromatic rings. The Bertz CT molecular complexity index is 1280. The van der Waals surface area contributed by atoms with Gasteiger partial charge in [-0.1, -0.05) is 20.8 Å². The van der Waals surface area contributed by atoms with E-state index in [9.17, 15) is 24.0 Å². The first-order chi connectivity index (χ1) is 20.6. The number of carbonyl (C=O) groups excluding carboxylic acids is 5. The second-order valence-corrected chi connectivity index (χ2v) is 12.8. The van der Waals surface area contributed by atoms with Crippen LogP contribution < -0.4 is 0 Å². The largest absolute Gasteiger partial charge is 0.465 e. The fourth-order valence-electron chi connectivity index (χ4n) is 7.52. The molecule has 2 heterocycles. The van der Waals surface area contributed by atoms with E-state index in [1.165, 1.54) is 33.2 Å². The summed E-state index contributed by atoms with van der Waals surface area (Å²) in [6, 6.07) is 3.14. The van der Waals surface area contributed by atoms with Crippen molar-refractivity contribution < 1.29 is 52.4 Å². The highest BCUT2D eigenvalue weighted by molar-refractivity contribution is 5.89. The molecule has 2 aliphatic carbocycles. The van der Waals surface area contributed by atoms with Gasteiger partial charge < -0.3 is 28.4 Å². The Morgan fingerprint density at radius 3 is 2.23 bits per heavy atom. The predicted octanol–water partition coefficient (Wildman–Crippen LogP) is 3.59. The molecule has 0 radical (unpaired) electrons. The molecule has 1 aliphatic heterocycles. The summed E-state index contributed by atoms with van der Waals surface area (Å²) in [4.78, 5) is 68.7. The van der Waals surface area contributed by atoms with Crippen molar-refractivity contribution in [2.24, 2.45) is 23.2 Å². The molecule has 2 saturated carbocycles. The van der Waals surface area contributed by atoms with Crippen molar-refractivity contribution in [2.45, 2.75) is 110 Å². The molecule has 1 aromatic heterocycles. The minimum Gasteiger partial charge on any atom is -0.465 e. The van der Waals surface area contributed by atoms with Gasteiger partial charge >= 0.3 is 29.8 Å². The number of aromatic nitrogens is 1. The Kier molecular flexibility index (Phi) is 9.44. The van der Waals surface area contributed by atoms with E-state index < -0.39 is 95.2 Å². The van der Waals surface area contributed by atoms with E-state index in [1.54, 1.807) is 19.1 Å². The molecule has 9 atom stereocenters. The highest BCUT2D eigenvalue weighted by Gasteiger charge is 2.82. The van der Waals surface area contributed by atoms with Gasteiger partial charge in [-0.3, -0.25) is 24.2 Å². The van der Waals surface area contributed by atoms with Gasteiger partial charge in [0.15, 0.2) is 6.10 Å². The lowest BCUT2D eigenvalue weighted by atomic mass is 9.47. The second kappa shape index (κ2) is 12.5. The van der Waals surface area contributed by atoms with Gasteiger partial charge in [0.2, 0.25) is 0 Å². The van der Waals surface area contributed by atoms with Crippen LogP contribution in [-0.2, 0) is 47.6 Å². The van der Waals surface area contributed by atoms with Crippen LogP contribution in [0.15, 0.2) is 24.5 Å². The molecule has 0 amide bonds. The van der Waals surface area contributed by atoms with Crippen molar-refractivity contribution in [1.82, 2.24) is 4.98 Å². The van der Waals surface area contributed by atoms with Crippen LogP contribution in [0.3, 0.4) is 0 Å². The van der Waals surface area contributed by atoms with E-state index in [0.717, 1.165) is 0 Å². The van der Waals surface area contributed by atoms with E-state index in [1.807, 2.05) is 27.7 Å². The minimum atomic E-state index is -1.68. The van der Waals surface area contributed by atoms with Crippen molar-refractivity contribution >= 4 is 29.8 Å². The molecular weight excluding hydrogens is 574 g/mol. The maximum atomic E-state index is 13.7. The molecular formula is C32H43NO11. The fraction of sp³-hybridized carbons (Fsp3) is 0.688. The number of rotatable bonds is 9. The van der Waals surface area contributed by atoms with E-state index in [4.69, 9.17) is 28.4 Å². The zero-order chi connectivity index (χ0) is 32.6. The smallest absolute Gasteiger partial charge is 0.340 e. The summed E-state index contributed by atoms with van der Waals surface area (Å²) >= 11 is 0. The summed E-state index contributed by atoms with van der Waals surface area (Å²) in [6.07, 6.45) is -0.765. The summed E-state index contributed by atoms with van der Waals surface area (Å²) in [5.74, 6) is -4.66. The first-order valence-corrected chi connectivity index (χ1v) is 15.1. The first-order valence-electron chi connectivity index (χ1n) is 15.1. The number of carbonyl (C=O) groups is 5. The number of nitrogens with zero attached hydrogens (tertiary/aromatic N) is 1. The summed E-state index contributed by atoms with van der Waals surface area (Å²) in [5.41, 5.74) is -3.93. The Morgan fingerprint density at radius 2 is 1.66 bits per heavy atom. The summed E-state index contributed by atoms with van der Waals surface area (Å²) < 4.78 is 37.1. The van der Waals surface area contributed by atoms with E-state index in [2.05, 4.69) is 4.98 Å². The van der Waals surface area contributed by atoms with Crippen LogP contribution >= 0.6 is 0 Å². The lowest BCUT2D eigenvalue weighted by Crippen LogP contribution is -2.78. The van der Waals surface area contributed by atoms with Gasteiger partial charge in [-0.05, 0) is 51.2 Å². The molecule has 44 heavy (non-hydrogen) atoms. The highest BCUT2D eigenvalue weighted by Crippen LogP contribution is 2.68. The maximum absolute atomic E-state index is 13.7. The molecule has 1 spiro atoms. The molecule has 0 aromatic carbocycles. The third-order valence-corrected chi connectivity index (χ3v) is 9.58. The van der Waals surface area contributed by atoms with Crippen molar-refractivity contribution in [2.75, 3.05) is 6.61 Å². The normalized spacial score (nSPS) is 34.1. The fourth-order valence-corrected chi connectivity index (χ4v) is 7.52.